The molecule has 7 heteroatoms. The van der Waals surface area contributed by atoms with Gasteiger partial charge >= 0.3 is 5.97 Å². The third kappa shape index (κ3) is 4.40. The molecule has 0 N–H and O–H groups in total. The van der Waals surface area contributed by atoms with Crippen LogP contribution in [-0.2, 0) is 11.2 Å². The van der Waals surface area contributed by atoms with E-state index in [1.807, 2.05) is 24.3 Å². The molecule has 0 bridgehead atoms. The minimum Gasteiger partial charge on any atom is -0.497 e. The number of rotatable bonds is 6. The number of methoxy groups -OCH3 is 1. The number of ether oxygens (including phenoxy) is 2. The lowest BCUT2D eigenvalue weighted by molar-refractivity contribution is -0.134. The van der Waals surface area contributed by atoms with E-state index < -0.39 is 5.97 Å². The lowest BCUT2D eigenvalue weighted by atomic mass is 10.1. The van der Waals surface area contributed by atoms with E-state index >= 15 is 0 Å². The second kappa shape index (κ2) is 8.10. The van der Waals surface area contributed by atoms with Crippen molar-refractivity contribution in [2.24, 2.45) is 0 Å². The van der Waals surface area contributed by atoms with Gasteiger partial charge in [-0.2, -0.15) is 4.98 Å². The Bertz CT molecular complexity index is 1160. The smallest absolute Gasteiger partial charge is 0.311 e. The van der Waals surface area contributed by atoms with E-state index in [-0.39, 0.29) is 18.7 Å². The largest absolute Gasteiger partial charge is 0.497 e. The topological polar surface area (TPSA) is 74.5 Å². The van der Waals surface area contributed by atoms with Gasteiger partial charge in [0.25, 0.3) is 0 Å². The second-order valence-electron chi connectivity index (χ2n) is 6.37. The average molecular weight is 392 g/mol. The molecule has 0 amide bonds. The summed E-state index contributed by atoms with van der Waals surface area (Å²) in [5.74, 6) is 1.09. The van der Waals surface area contributed by atoms with Crippen molar-refractivity contribution in [2.45, 2.75) is 12.8 Å². The molecule has 0 fully saturated rings. The highest BCUT2D eigenvalue weighted by Crippen LogP contribution is 2.25. The molecule has 4 rings (SSSR count). The molecule has 1 heterocycles. The van der Waals surface area contributed by atoms with Gasteiger partial charge in [-0.1, -0.05) is 17.3 Å². The Morgan fingerprint density at radius 1 is 1.00 bits per heavy atom. The van der Waals surface area contributed by atoms with Gasteiger partial charge in [0.15, 0.2) is 0 Å². The summed E-state index contributed by atoms with van der Waals surface area (Å²) in [5, 5.41) is 5.79. The van der Waals surface area contributed by atoms with E-state index in [2.05, 4.69) is 10.1 Å². The van der Waals surface area contributed by atoms with Gasteiger partial charge in [0.1, 0.15) is 17.3 Å². The SMILES string of the molecule is COc1ccc2ccc(OC(=O)CCc3nc(-c4ccc(F)cc4)no3)cc2c1. The molecule has 6 nitrogen and oxygen atoms in total. The number of benzene rings is 3. The number of hydrogen-bond acceptors (Lipinski definition) is 6. The van der Waals surface area contributed by atoms with E-state index in [9.17, 15) is 9.18 Å². The van der Waals surface area contributed by atoms with Crippen molar-refractivity contribution in [3.63, 3.8) is 0 Å². The lowest BCUT2D eigenvalue weighted by Crippen LogP contribution is -2.09. The van der Waals surface area contributed by atoms with Crippen LogP contribution in [0, 0.1) is 5.82 Å². The summed E-state index contributed by atoms with van der Waals surface area (Å²) >= 11 is 0. The van der Waals surface area contributed by atoms with Crippen LogP contribution >= 0.6 is 0 Å². The lowest BCUT2D eigenvalue weighted by Gasteiger charge is -2.06. The molecule has 4 aromatic rings. The van der Waals surface area contributed by atoms with Crippen LogP contribution in [0.4, 0.5) is 4.39 Å². The molecule has 3 aromatic carbocycles. The normalized spacial score (nSPS) is 10.8. The minimum atomic E-state index is -0.409. The van der Waals surface area contributed by atoms with Crippen molar-refractivity contribution in [2.75, 3.05) is 7.11 Å². The number of nitrogens with zero attached hydrogens (tertiary/aromatic N) is 2. The van der Waals surface area contributed by atoms with Crippen LogP contribution in [-0.4, -0.2) is 23.2 Å². The summed E-state index contributed by atoms with van der Waals surface area (Å²) in [5.41, 5.74) is 0.635. The van der Waals surface area contributed by atoms with Crippen molar-refractivity contribution < 1.29 is 23.2 Å². The predicted octanol–water partition coefficient (Wildman–Crippen LogP) is 4.58. The van der Waals surface area contributed by atoms with Gasteiger partial charge in [0, 0.05) is 12.0 Å². The number of carbonyl (C=O) groups is 1. The highest BCUT2D eigenvalue weighted by Gasteiger charge is 2.12. The molecule has 0 atom stereocenters. The number of esters is 1. The number of hydrogen-bond donors (Lipinski definition) is 0. The van der Waals surface area contributed by atoms with E-state index in [1.165, 1.54) is 12.1 Å². The number of aryl methyl sites for hydroxylation is 1. The molecule has 0 spiro atoms. The quantitative estimate of drug-likeness (QED) is 0.353. The second-order valence-corrected chi connectivity index (χ2v) is 6.37. The van der Waals surface area contributed by atoms with Gasteiger partial charge in [-0.25, -0.2) is 4.39 Å². The van der Waals surface area contributed by atoms with Gasteiger partial charge in [-0.15, -0.1) is 0 Å². The highest BCUT2D eigenvalue weighted by atomic mass is 19.1. The van der Waals surface area contributed by atoms with Gasteiger partial charge < -0.3 is 14.0 Å². The van der Waals surface area contributed by atoms with Crippen LogP contribution in [0.3, 0.4) is 0 Å². The van der Waals surface area contributed by atoms with E-state index in [4.69, 9.17) is 14.0 Å². The van der Waals surface area contributed by atoms with Gasteiger partial charge in [-0.05, 0) is 59.3 Å². The summed E-state index contributed by atoms with van der Waals surface area (Å²) < 4.78 is 28.8. The first-order chi connectivity index (χ1) is 14.1. The summed E-state index contributed by atoms with van der Waals surface area (Å²) in [6.45, 7) is 0. The zero-order valence-electron chi connectivity index (χ0n) is 15.6. The molecule has 0 aliphatic rings. The Morgan fingerprint density at radius 2 is 1.72 bits per heavy atom. The van der Waals surface area contributed by atoms with Crippen LogP contribution in [0.1, 0.15) is 12.3 Å². The maximum absolute atomic E-state index is 13.0. The van der Waals surface area contributed by atoms with Crippen LogP contribution < -0.4 is 9.47 Å². The molecule has 0 radical (unpaired) electrons. The third-order valence-electron chi connectivity index (χ3n) is 4.36. The first-order valence-corrected chi connectivity index (χ1v) is 8.98. The molecule has 0 saturated heterocycles. The molecular weight excluding hydrogens is 375 g/mol. The first-order valence-electron chi connectivity index (χ1n) is 8.98. The van der Waals surface area contributed by atoms with Crippen LogP contribution in [0.15, 0.2) is 65.2 Å². The van der Waals surface area contributed by atoms with E-state index in [0.717, 1.165) is 16.5 Å². The van der Waals surface area contributed by atoms with Crippen LogP contribution in [0.25, 0.3) is 22.2 Å². The Morgan fingerprint density at radius 3 is 2.48 bits per heavy atom. The molecule has 29 heavy (non-hydrogen) atoms. The highest BCUT2D eigenvalue weighted by molar-refractivity contribution is 5.86. The van der Waals surface area contributed by atoms with Crippen LogP contribution in [0.2, 0.25) is 0 Å². The Hall–Kier alpha value is -3.74. The number of halogens is 1. The van der Waals surface area contributed by atoms with Crippen LogP contribution in [0.5, 0.6) is 11.5 Å². The van der Waals surface area contributed by atoms with Crippen molar-refractivity contribution in [1.29, 1.82) is 0 Å². The molecule has 0 saturated carbocycles. The minimum absolute atomic E-state index is 0.0845. The summed E-state index contributed by atoms with van der Waals surface area (Å²) in [6.07, 6.45) is 0.329. The Labute approximate surface area is 165 Å². The fourth-order valence-corrected chi connectivity index (χ4v) is 2.86. The summed E-state index contributed by atoms with van der Waals surface area (Å²) in [4.78, 5) is 16.4. The molecule has 1 aromatic heterocycles. The maximum atomic E-state index is 13.0. The van der Waals surface area contributed by atoms with Crippen molar-refractivity contribution in [1.82, 2.24) is 10.1 Å². The molecule has 146 valence electrons. The Balaban J connectivity index is 1.38. The van der Waals surface area contributed by atoms with Gasteiger partial charge in [0.2, 0.25) is 11.7 Å². The van der Waals surface area contributed by atoms with Crippen molar-refractivity contribution >= 4 is 16.7 Å². The number of aromatic nitrogens is 2. The predicted molar refractivity (Wildman–Crippen MR) is 104 cm³/mol. The fraction of sp³-hybridized carbons (Fsp3) is 0.136. The molecule has 0 unspecified atom stereocenters. The van der Waals surface area contributed by atoms with E-state index in [1.54, 1.807) is 31.4 Å². The van der Waals surface area contributed by atoms with Crippen molar-refractivity contribution in [3.8, 4) is 22.9 Å². The van der Waals surface area contributed by atoms with Gasteiger partial charge in [0.05, 0.1) is 13.5 Å². The first kappa shape index (κ1) is 18.6. The van der Waals surface area contributed by atoms with Gasteiger partial charge in [-0.3, -0.25) is 4.79 Å². The Kier molecular flexibility index (Phi) is 5.20. The summed E-state index contributed by atoms with van der Waals surface area (Å²) in [7, 11) is 1.60. The average Bonchev–Trinajstić information content (AvgIpc) is 3.21. The van der Waals surface area contributed by atoms with Crippen molar-refractivity contribution in [3.05, 3.63) is 72.4 Å². The standard InChI is InChI=1S/C22H17FN2O4/c1-27-18-8-4-14-5-9-19(13-16(14)12-18)28-21(26)11-10-20-24-22(25-29-20)15-2-6-17(23)7-3-15/h2-9,12-13H,10-11H2,1H3. The fourth-order valence-electron chi connectivity index (χ4n) is 2.86. The monoisotopic (exact) mass is 392 g/mol. The third-order valence-corrected chi connectivity index (χ3v) is 4.36. The maximum Gasteiger partial charge on any atom is 0.311 e. The summed E-state index contributed by atoms with van der Waals surface area (Å²) in [6, 6.07) is 16.9. The molecule has 0 aliphatic heterocycles. The zero-order valence-corrected chi connectivity index (χ0v) is 15.6. The number of fused-ring (bicyclic) bond motifs is 1. The zero-order chi connectivity index (χ0) is 20.2. The molecule has 0 aliphatic carbocycles. The molecular formula is C22H17FN2O4. The number of carbonyl (C=O) groups excluding carboxylic acids is 1. The van der Waals surface area contributed by atoms with E-state index in [0.29, 0.717) is 23.0 Å².